The van der Waals surface area contributed by atoms with Crippen molar-refractivity contribution in [1.82, 2.24) is 14.8 Å². The van der Waals surface area contributed by atoms with E-state index in [2.05, 4.69) is 45.2 Å². The molecule has 7 heteroatoms. The van der Waals surface area contributed by atoms with Gasteiger partial charge in [0.1, 0.15) is 0 Å². The van der Waals surface area contributed by atoms with E-state index >= 15 is 0 Å². The predicted molar refractivity (Wildman–Crippen MR) is 112 cm³/mol. The second-order valence-electron chi connectivity index (χ2n) is 7.00. The first-order valence-corrected chi connectivity index (χ1v) is 10.9. The molecule has 4 rings (SSSR count). The summed E-state index contributed by atoms with van der Waals surface area (Å²) in [4.78, 5) is 13.6. The molecule has 5 nitrogen and oxygen atoms in total. The van der Waals surface area contributed by atoms with E-state index in [1.54, 1.807) is 11.3 Å². The van der Waals surface area contributed by atoms with Gasteiger partial charge in [-0.3, -0.25) is 9.36 Å². The van der Waals surface area contributed by atoms with Crippen LogP contribution >= 0.6 is 23.1 Å². The van der Waals surface area contributed by atoms with Gasteiger partial charge in [-0.05, 0) is 56.2 Å². The molecule has 1 aromatic carbocycles. The van der Waals surface area contributed by atoms with E-state index < -0.39 is 0 Å². The average Bonchev–Trinajstić information content (AvgIpc) is 3.15. The Labute approximate surface area is 167 Å². The first kappa shape index (κ1) is 18.3. The number of thiophene rings is 1. The third-order valence-electron chi connectivity index (χ3n) is 4.59. The number of thioether (sulfide) groups is 1. The summed E-state index contributed by atoms with van der Waals surface area (Å²) in [7, 11) is 0. The zero-order valence-corrected chi connectivity index (χ0v) is 17.3. The number of anilines is 1. The van der Waals surface area contributed by atoms with E-state index in [1.807, 2.05) is 25.3 Å². The van der Waals surface area contributed by atoms with Crippen molar-refractivity contribution in [2.24, 2.45) is 0 Å². The van der Waals surface area contributed by atoms with Crippen LogP contribution < -0.4 is 5.32 Å². The number of aromatic nitrogens is 3. The molecule has 1 fully saturated rings. The highest BCUT2D eigenvalue weighted by Crippen LogP contribution is 2.41. The number of nitrogens with zero attached hydrogens (tertiary/aromatic N) is 3. The molecule has 1 N–H and O–H groups in total. The zero-order chi connectivity index (χ0) is 19.0. The Bertz CT molecular complexity index is 951. The summed E-state index contributed by atoms with van der Waals surface area (Å²) in [5, 5.41) is 14.7. The Balaban J connectivity index is 1.47. The van der Waals surface area contributed by atoms with Crippen LogP contribution in [0.15, 0.2) is 34.8 Å². The third kappa shape index (κ3) is 3.94. The quantitative estimate of drug-likeness (QED) is 0.594. The number of hydrogen-bond donors (Lipinski definition) is 1. The van der Waals surface area contributed by atoms with E-state index in [4.69, 9.17) is 0 Å². The maximum Gasteiger partial charge on any atom is 0.234 e. The van der Waals surface area contributed by atoms with Gasteiger partial charge < -0.3 is 5.32 Å². The fourth-order valence-electron chi connectivity index (χ4n) is 3.29. The highest BCUT2D eigenvalue weighted by molar-refractivity contribution is 7.99. The molecule has 2 heterocycles. The molecule has 2 aromatic heterocycles. The number of benzene rings is 1. The molecule has 0 atom stereocenters. The van der Waals surface area contributed by atoms with Crippen molar-refractivity contribution in [2.45, 2.75) is 44.8 Å². The summed E-state index contributed by atoms with van der Waals surface area (Å²) in [6.07, 6.45) is 2.30. The van der Waals surface area contributed by atoms with Crippen LogP contribution in [0.2, 0.25) is 0 Å². The topological polar surface area (TPSA) is 59.8 Å². The predicted octanol–water partition coefficient (Wildman–Crippen LogP) is 5.00. The lowest BCUT2D eigenvalue weighted by molar-refractivity contribution is -0.113. The fraction of sp³-hybridized carbons (Fsp3) is 0.350. The minimum Gasteiger partial charge on any atom is -0.325 e. The maximum absolute atomic E-state index is 12.5. The van der Waals surface area contributed by atoms with E-state index in [1.165, 1.54) is 17.3 Å². The minimum absolute atomic E-state index is 0.0157. The van der Waals surface area contributed by atoms with E-state index in [9.17, 15) is 4.79 Å². The molecular formula is C20H22N4OS2. The van der Waals surface area contributed by atoms with Gasteiger partial charge >= 0.3 is 0 Å². The van der Waals surface area contributed by atoms with Gasteiger partial charge in [0.15, 0.2) is 11.0 Å². The van der Waals surface area contributed by atoms with Gasteiger partial charge in [0.25, 0.3) is 0 Å². The van der Waals surface area contributed by atoms with Gasteiger partial charge in [0, 0.05) is 11.7 Å². The van der Waals surface area contributed by atoms with Crippen molar-refractivity contribution in [3.8, 4) is 10.7 Å². The molecular weight excluding hydrogens is 376 g/mol. The highest BCUT2D eigenvalue weighted by Gasteiger charge is 2.30. The Kier molecular flexibility index (Phi) is 5.06. The van der Waals surface area contributed by atoms with Gasteiger partial charge in [-0.25, -0.2) is 0 Å². The van der Waals surface area contributed by atoms with E-state index in [0.717, 1.165) is 45.5 Å². The number of rotatable bonds is 6. The van der Waals surface area contributed by atoms with Crippen LogP contribution in [0.3, 0.4) is 0 Å². The molecule has 1 amide bonds. The Morgan fingerprint density at radius 1 is 1.26 bits per heavy atom. The summed E-state index contributed by atoms with van der Waals surface area (Å²) in [6, 6.07) is 8.74. The largest absolute Gasteiger partial charge is 0.325 e. The summed E-state index contributed by atoms with van der Waals surface area (Å²) in [5.41, 5.74) is 4.30. The van der Waals surface area contributed by atoms with Crippen LogP contribution in [0.1, 0.15) is 35.6 Å². The molecule has 0 spiro atoms. The Hall–Kier alpha value is -2.12. The smallest absolute Gasteiger partial charge is 0.234 e. The number of carbonyl (C=O) groups excluding carboxylic acids is 1. The molecule has 1 aliphatic carbocycles. The van der Waals surface area contributed by atoms with E-state index in [0.29, 0.717) is 11.8 Å². The van der Waals surface area contributed by atoms with Crippen molar-refractivity contribution >= 4 is 34.7 Å². The lowest BCUT2D eigenvalue weighted by Crippen LogP contribution is -2.16. The molecule has 140 valence electrons. The van der Waals surface area contributed by atoms with Crippen molar-refractivity contribution in [2.75, 3.05) is 11.1 Å². The van der Waals surface area contributed by atoms with Crippen LogP contribution in [0.5, 0.6) is 0 Å². The Morgan fingerprint density at radius 2 is 2.00 bits per heavy atom. The molecule has 0 aliphatic heterocycles. The van der Waals surface area contributed by atoms with Crippen LogP contribution in [-0.2, 0) is 4.79 Å². The van der Waals surface area contributed by atoms with Crippen LogP contribution in [0, 0.1) is 20.8 Å². The lowest BCUT2D eigenvalue weighted by atomic mass is 10.1. The summed E-state index contributed by atoms with van der Waals surface area (Å²) in [5.74, 6) is 1.22. The third-order valence-corrected chi connectivity index (χ3v) is 6.40. The number of amides is 1. The lowest BCUT2D eigenvalue weighted by Gasteiger charge is -2.13. The van der Waals surface area contributed by atoms with Crippen LogP contribution in [0.4, 0.5) is 5.69 Å². The zero-order valence-electron chi connectivity index (χ0n) is 15.7. The van der Waals surface area contributed by atoms with E-state index in [-0.39, 0.29) is 5.91 Å². The SMILES string of the molecule is Cc1cc(C)c(NC(=O)CSc2nnc(-c3cccs3)n2C2CC2)c(C)c1. The fourth-order valence-corrected chi connectivity index (χ4v) is 4.80. The monoisotopic (exact) mass is 398 g/mol. The number of aryl methyl sites for hydroxylation is 3. The molecule has 0 bridgehead atoms. The van der Waals surface area contributed by atoms with Crippen molar-refractivity contribution in [1.29, 1.82) is 0 Å². The molecule has 27 heavy (non-hydrogen) atoms. The van der Waals surface area contributed by atoms with Crippen LogP contribution in [-0.4, -0.2) is 26.4 Å². The summed E-state index contributed by atoms with van der Waals surface area (Å²) in [6.45, 7) is 6.12. The molecule has 1 saturated carbocycles. The number of hydrogen-bond acceptors (Lipinski definition) is 5. The average molecular weight is 399 g/mol. The van der Waals surface area contributed by atoms with Gasteiger partial charge in [0.2, 0.25) is 5.91 Å². The molecule has 0 saturated heterocycles. The Morgan fingerprint density at radius 3 is 2.63 bits per heavy atom. The minimum atomic E-state index is -0.0157. The van der Waals surface area contributed by atoms with Crippen LogP contribution in [0.25, 0.3) is 10.7 Å². The maximum atomic E-state index is 12.5. The first-order valence-electron chi connectivity index (χ1n) is 9.02. The first-order chi connectivity index (χ1) is 13.0. The van der Waals surface area contributed by atoms with Gasteiger partial charge in [0.05, 0.1) is 10.6 Å². The van der Waals surface area contributed by atoms with Crippen molar-refractivity contribution < 1.29 is 4.79 Å². The van der Waals surface area contributed by atoms with Gasteiger partial charge in [-0.2, -0.15) is 0 Å². The number of carbonyl (C=O) groups is 1. The highest BCUT2D eigenvalue weighted by atomic mass is 32.2. The second-order valence-corrected chi connectivity index (χ2v) is 8.89. The molecule has 0 unspecified atom stereocenters. The summed E-state index contributed by atoms with van der Waals surface area (Å²) >= 11 is 3.12. The molecule has 1 aliphatic rings. The van der Waals surface area contributed by atoms with Crippen molar-refractivity contribution in [3.63, 3.8) is 0 Å². The van der Waals surface area contributed by atoms with Gasteiger partial charge in [-0.15, -0.1) is 21.5 Å². The van der Waals surface area contributed by atoms with Gasteiger partial charge in [-0.1, -0.05) is 35.5 Å². The molecule has 0 radical (unpaired) electrons. The normalized spacial score (nSPS) is 13.7. The summed E-state index contributed by atoms with van der Waals surface area (Å²) < 4.78 is 2.20. The standard InChI is InChI=1S/C20H22N4OS2/c1-12-9-13(2)18(14(3)10-12)21-17(25)11-27-20-23-22-19(16-5-4-8-26-16)24(20)15-6-7-15/h4-5,8-10,15H,6-7,11H2,1-3H3,(H,21,25). The van der Waals surface area contributed by atoms with Crippen molar-refractivity contribution in [3.05, 3.63) is 46.3 Å². The number of nitrogens with one attached hydrogen (secondary N) is 1. The molecule has 3 aromatic rings. The second kappa shape index (κ2) is 7.48.